The molecule has 0 bridgehead atoms. The minimum absolute atomic E-state index is 0.0319. The molecule has 0 saturated heterocycles. The number of hydrogen-bond acceptors (Lipinski definition) is 7. The van der Waals surface area contributed by atoms with Crippen LogP contribution >= 0.6 is 0 Å². The van der Waals surface area contributed by atoms with Gasteiger partial charge in [0.1, 0.15) is 17.4 Å². The zero-order chi connectivity index (χ0) is 19.3. The lowest BCUT2D eigenvalue weighted by molar-refractivity contribution is -0.139. The van der Waals surface area contributed by atoms with E-state index in [1.54, 1.807) is 26.0 Å². The highest BCUT2D eigenvalue weighted by Gasteiger charge is 2.37. The Labute approximate surface area is 152 Å². The van der Waals surface area contributed by atoms with Crippen LogP contribution in [0.4, 0.5) is 0 Å². The van der Waals surface area contributed by atoms with Crippen molar-refractivity contribution in [3.63, 3.8) is 0 Å². The van der Waals surface area contributed by atoms with Crippen LogP contribution in [0.25, 0.3) is 0 Å². The second-order valence-corrected chi connectivity index (χ2v) is 5.50. The van der Waals surface area contributed by atoms with E-state index >= 15 is 0 Å². The summed E-state index contributed by atoms with van der Waals surface area (Å²) in [7, 11) is 0. The Bertz CT molecular complexity index is 805. The average Bonchev–Trinajstić information content (AvgIpc) is 2.62. The van der Waals surface area contributed by atoms with Gasteiger partial charge >= 0.3 is 5.97 Å². The van der Waals surface area contributed by atoms with E-state index in [1.807, 2.05) is 13.0 Å². The number of carbonyl (C=O) groups is 1. The van der Waals surface area contributed by atoms with Gasteiger partial charge in [0.2, 0.25) is 5.88 Å². The second kappa shape index (κ2) is 8.30. The number of esters is 1. The predicted octanol–water partition coefficient (Wildman–Crippen LogP) is 2.83. The van der Waals surface area contributed by atoms with Crippen molar-refractivity contribution in [2.75, 3.05) is 13.2 Å². The largest absolute Gasteiger partial charge is 0.504 e. The Morgan fingerprint density at radius 2 is 2.08 bits per heavy atom. The zero-order valence-corrected chi connectivity index (χ0v) is 15.0. The molecule has 1 heterocycles. The van der Waals surface area contributed by atoms with Crippen molar-refractivity contribution in [3.05, 3.63) is 46.6 Å². The van der Waals surface area contributed by atoms with Gasteiger partial charge in [-0.05, 0) is 31.5 Å². The van der Waals surface area contributed by atoms with Gasteiger partial charge in [-0.2, -0.15) is 5.26 Å². The third kappa shape index (κ3) is 3.59. The van der Waals surface area contributed by atoms with Crippen LogP contribution in [0.3, 0.4) is 0 Å². The molecule has 1 aromatic rings. The molecule has 1 aliphatic heterocycles. The molecule has 0 amide bonds. The fourth-order valence-corrected chi connectivity index (χ4v) is 2.83. The maximum atomic E-state index is 12.6. The van der Waals surface area contributed by atoms with Crippen molar-refractivity contribution in [1.82, 2.24) is 0 Å². The Morgan fingerprint density at radius 1 is 1.35 bits per heavy atom. The molecule has 0 saturated carbocycles. The van der Waals surface area contributed by atoms with Crippen LogP contribution in [0.2, 0.25) is 0 Å². The van der Waals surface area contributed by atoms with Gasteiger partial charge in [0.05, 0.1) is 24.7 Å². The summed E-state index contributed by atoms with van der Waals surface area (Å²) in [6.45, 7) is 5.85. The zero-order valence-electron chi connectivity index (χ0n) is 15.0. The summed E-state index contributed by atoms with van der Waals surface area (Å²) in [5.74, 6) is -0.795. The lowest BCUT2D eigenvalue weighted by Gasteiger charge is -2.28. The number of aromatic hydroxyl groups is 1. The highest BCUT2D eigenvalue weighted by molar-refractivity contribution is 5.92. The van der Waals surface area contributed by atoms with E-state index in [-0.39, 0.29) is 35.1 Å². The molecule has 7 nitrogen and oxygen atoms in total. The van der Waals surface area contributed by atoms with Gasteiger partial charge < -0.3 is 25.1 Å². The minimum atomic E-state index is -0.762. The summed E-state index contributed by atoms with van der Waals surface area (Å²) >= 11 is 0. The topological polar surface area (TPSA) is 115 Å². The third-order valence-corrected chi connectivity index (χ3v) is 3.93. The highest BCUT2D eigenvalue weighted by Crippen LogP contribution is 2.42. The van der Waals surface area contributed by atoms with E-state index in [9.17, 15) is 15.2 Å². The third-order valence-electron chi connectivity index (χ3n) is 3.93. The fourth-order valence-electron chi connectivity index (χ4n) is 2.83. The van der Waals surface area contributed by atoms with Crippen LogP contribution in [-0.4, -0.2) is 24.3 Å². The minimum Gasteiger partial charge on any atom is -0.504 e. The molecule has 26 heavy (non-hydrogen) atoms. The van der Waals surface area contributed by atoms with Crippen molar-refractivity contribution >= 4 is 5.97 Å². The lowest BCUT2D eigenvalue weighted by atomic mass is 9.82. The maximum absolute atomic E-state index is 12.6. The molecule has 0 fully saturated rings. The summed E-state index contributed by atoms with van der Waals surface area (Å²) < 4.78 is 16.1. The van der Waals surface area contributed by atoms with Gasteiger partial charge in [-0.3, -0.25) is 0 Å². The number of allylic oxidation sites excluding steroid dienone is 2. The summed E-state index contributed by atoms with van der Waals surface area (Å²) in [4.78, 5) is 12.6. The molecule has 138 valence electrons. The number of benzene rings is 1. The quantitative estimate of drug-likeness (QED) is 0.751. The highest BCUT2D eigenvalue weighted by atomic mass is 16.5. The van der Waals surface area contributed by atoms with Crippen LogP contribution < -0.4 is 10.5 Å². The summed E-state index contributed by atoms with van der Waals surface area (Å²) in [6.07, 6.45) is 0.403. The summed E-state index contributed by atoms with van der Waals surface area (Å²) in [5.41, 5.74) is 6.83. The Kier molecular flexibility index (Phi) is 6.12. The predicted molar refractivity (Wildman–Crippen MR) is 93.9 cm³/mol. The monoisotopic (exact) mass is 358 g/mol. The molecule has 1 atom stereocenters. The molecule has 0 spiro atoms. The second-order valence-electron chi connectivity index (χ2n) is 5.50. The first-order chi connectivity index (χ1) is 12.5. The van der Waals surface area contributed by atoms with Crippen molar-refractivity contribution in [2.45, 2.75) is 33.1 Å². The number of carbonyl (C=O) groups excluding carboxylic acids is 1. The molecule has 3 N–H and O–H groups in total. The number of nitrogens with two attached hydrogens (primary N) is 1. The Morgan fingerprint density at radius 3 is 2.65 bits per heavy atom. The number of rotatable bonds is 6. The van der Waals surface area contributed by atoms with Gasteiger partial charge in [-0.1, -0.05) is 13.0 Å². The number of hydrogen-bond donors (Lipinski definition) is 2. The molecular weight excluding hydrogens is 336 g/mol. The first-order valence-electron chi connectivity index (χ1n) is 8.41. The van der Waals surface area contributed by atoms with Gasteiger partial charge in [-0.15, -0.1) is 0 Å². The first-order valence-corrected chi connectivity index (χ1v) is 8.41. The van der Waals surface area contributed by atoms with E-state index in [1.165, 1.54) is 6.07 Å². The molecule has 1 unspecified atom stereocenters. The molecule has 0 aliphatic carbocycles. The number of phenols is 1. The van der Waals surface area contributed by atoms with Crippen LogP contribution in [0, 0.1) is 11.3 Å². The smallest absolute Gasteiger partial charge is 0.338 e. The number of phenolic OH excluding ortho intramolecular Hbond substituents is 1. The lowest BCUT2D eigenvalue weighted by Crippen LogP contribution is -2.26. The molecule has 1 aliphatic rings. The van der Waals surface area contributed by atoms with Crippen LogP contribution in [0.1, 0.15) is 38.7 Å². The maximum Gasteiger partial charge on any atom is 0.338 e. The SMILES string of the molecule is CCOC(=O)C1=C(CC)OC(N)=C(C#N)C1c1ccc(O)c(OCC)c1. The van der Waals surface area contributed by atoms with Crippen LogP contribution in [0.5, 0.6) is 11.5 Å². The molecule has 1 aromatic carbocycles. The normalized spacial score (nSPS) is 16.8. The van der Waals surface area contributed by atoms with Gasteiger partial charge in [0, 0.05) is 6.42 Å². The average molecular weight is 358 g/mol. The molecule has 7 heteroatoms. The van der Waals surface area contributed by atoms with Crippen LogP contribution in [-0.2, 0) is 14.3 Å². The molecule has 2 rings (SSSR count). The number of nitriles is 1. The van der Waals surface area contributed by atoms with E-state index in [4.69, 9.17) is 19.9 Å². The fraction of sp³-hybridized carbons (Fsp3) is 0.368. The van der Waals surface area contributed by atoms with E-state index in [0.717, 1.165) is 0 Å². The van der Waals surface area contributed by atoms with Crippen molar-refractivity contribution < 1.29 is 24.1 Å². The molecular formula is C19H22N2O5. The van der Waals surface area contributed by atoms with Gasteiger partial charge in [0.25, 0.3) is 0 Å². The Hall–Kier alpha value is -3.14. The standard InChI is InChI=1S/C19H22N2O5/c1-4-14-17(19(23)25-6-3)16(12(10-20)18(21)26-14)11-7-8-13(22)15(9-11)24-5-2/h7-9,16,22H,4-6,21H2,1-3H3. The molecule has 0 radical (unpaired) electrons. The summed E-state index contributed by atoms with van der Waals surface area (Å²) in [6, 6.07) is 6.68. The van der Waals surface area contributed by atoms with Gasteiger partial charge in [-0.25, -0.2) is 4.79 Å². The number of ether oxygens (including phenoxy) is 3. The Balaban J connectivity index is 2.67. The van der Waals surface area contributed by atoms with E-state index in [2.05, 4.69) is 0 Å². The molecule has 0 aromatic heterocycles. The summed E-state index contributed by atoms with van der Waals surface area (Å²) in [5, 5.41) is 19.5. The number of nitrogens with zero attached hydrogens (tertiary/aromatic N) is 1. The van der Waals surface area contributed by atoms with Gasteiger partial charge in [0.15, 0.2) is 11.5 Å². The van der Waals surface area contributed by atoms with Crippen molar-refractivity contribution in [2.24, 2.45) is 5.73 Å². The van der Waals surface area contributed by atoms with E-state index < -0.39 is 11.9 Å². The van der Waals surface area contributed by atoms with Crippen molar-refractivity contribution in [3.8, 4) is 17.6 Å². The van der Waals surface area contributed by atoms with Crippen molar-refractivity contribution in [1.29, 1.82) is 5.26 Å². The van der Waals surface area contributed by atoms with E-state index in [0.29, 0.717) is 24.4 Å². The van der Waals surface area contributed by atoms with Crippen LogP contribution in [0.15, 0.2) is 41.0 Å². The first kappa shape index (κ1) is 19.2.